The van der Waals surface area contributed by atoms with Gasteiger partial charge in [-0.15, -0.1) is 0 Å². The molecule has 0 aliphatic rings. The molecule has 3 heteroatoms. The quantitative estimate of drug-likeness (QED) is 0.0480. The van der Waals surface area contributed by atoms with Crippen LogP contribution in [0.25, 0.3) is 0 Å². The second kappa shape index (κ2) is 27.6. The lowest BCUT2D eigenvalue weighted by Crippen LogP contribution is -2.17. The molecule has 0 aromatic heterocycles. The van der Waals surface area contributed by atoms with Crippen LogP contribution in [-0.4, -0.2) is 12.1 Å². The Hall–Kier alpha value is -2.29. The summed E-state index contributed by atoms with van der Waals surface area (Å²) in [6, 6.07) is 15.7. The van der Waals surface area contributed by atoms with Gasteiger partial charge in [0.05, 0.1) is 11.7 Å². The highest BCUT2D eigenvalue weighted by atomic mass is 16.6. The molecule has 0 saturated heterocycles. The van der Waals surface area contributed by atoms with E-state index in [2.05, 4.69) is 39.8 Å². The predicted octanol–water partition coefficient (Wildman–Crippen LogP) is 14.6. The number of carbonyl (C=O) groups is 1. The summed E-state index contributed by atoms with van der Waals surface area (Å²) in [5, 5.41) is 0. The standard InChI is InChI=1S/C44H72O3/c1-5-8-10-12-14-16-17-18-20-21-23-25-30-38(4)39-34-36-40(37-35-39)44(45)47-43-33-28-27-32-42(43)46-41(29-7-3)31-26-24-22-19-15-13-11-9-6-2/h27-28,32-38,41H,5-26,29-31H2,1-4H3. The summed E-state index contributed by atoms with van der Waals surface area (Å²) >= 11 is 0. The number of unbranched alkanes of at least 4 members (excludes halogenated alkanes) is 19. The number of hydrogen-bond donors (Lipinski definition) is 0. The lowest BCUT2D eigenvalue weighted by Gasteiger charge is -2.20. The van der Waals surface area contributed by atoms with Crippen LogP contribution in [-0.2, 0) is 0 Å². The minimum absolute atomic E-state index is 0.148. The molecule has 47 heavy (non-hydrogen) atoms. The van der Waals surface area contributed by atoms with Gasteiger partial charge < -0.3 is 9.47 Å². The fourth-order valence-corrected chi connectivity index (χ4v) is 6.64. The molecule has 0 N–H and O–H groups in total. The second-order valence-electron chi connectivity index (χ2n) is 14.2. The van der Waals surface area contributed by atoms with Crippen molar-refractivity contribution in [2.24, 2.45) is 0 Å². The van der Waals surface area contributed by atoms with Crippen molar-refractivity contribution in [2.75, 3.05) is 0 Å². The third-order valence-corrected chi connectivity index (χ3v) is 9.79. The van der Waals surface area contributed by atoms with Crippen LogP contribution >= 0.6 is 0 Å². The topological polar surface area (TPSA) is 35.5 Å². The van der Waals surface area contributed by atoms with Crippen LogP contribution in [0.2, 0.25) is 0 Å². The lowest BCUT2D eigenvalue weighted by molar-refractivity contribution is 0.0721. The fraction of sp³-hybridized carbons (Fsp3) is 0.705. The molecule has 2 atom stereocenters. The largest absolute Gasteiger partial charge is 0.487 e. The molecule has 0 radical (unpaired) electrons. The van der Waals surface area contributed by atoms with E-state index in [0.717, 1.165) is 19.3 Å². The summed E-state index contributed by atoms with van der Waals surface area (Å²) in [5.41, 5.74) is 1.88. The Morgan fingerprint density at radius 1 is 0.511 bits per heavy atom. The summed E-state index contributed by atoms with van der Waals surface area (Å²) < 4.78 is 12.4. The molecular weight excluding hydrogens is 576 g/mol. The maximum absolute atomic E-state index is 13.1. The van der Waals surface area contributed by atoms with Crippen LogP contribution in [0, 0.1) is 0 Å². The Bertz CT molecular complexity index is 1010. The normalized spacial score (nSPS) is 12.6. The first-order chi connectivity index (χ1) is 23.1. The van der Waals surface area contributed by atoms with Crippen LogP contribution in [0.5, 0.6) is 11.5 Å². The number of para-hydroxylation sites is 2. The first-order valence-corrected chi connectivity index (χ1v) is 20.2. The zero-order chi connectivity index (χ0) is 33.8. The van der Waals surface area contributed by atoms with E-state index in [1.807, 2.05) is 36.4 Å². The van der Waals surface area contributed by atoms with Gasteiger partial charge in [-0.2, -0.15) is 0 Å². The molecule has 0 aliphatic heterocycles. The van der Waals surface area contributed by atoms with Crippen molar-refractivity contribution in [1.82, 2.24) is 0 Å². The van der Waals surface area contributed by atoms with Crippen molar-refractivity contribution >= 4 is 5.97 Å². The summed E-state index contributed by atoms with van der Waals surface area (Å²) in [6.07, 6.45) is 33.0. The molecule has 2 aromatic rings. The maximum Gasteiger partial charge on any atom is 0.343 e. The predicted molar refractivity (Wildman–Crippen MR) is 203 cm³/mol. The Balaban J connectivity index is 1.71. The van der Waals surface area contributed by atoms with Gasteiger partial charge in [0, 0.05) is 0 Å². The summed E-state index contributed by atoms with van der Waals surface area (Å²) in [6.45, 7) is 9.08. The van der Waals surface area contributed by atoms with Crippen LogP contribution < -0.4 is 9.47 Å². The van der Waals surface area contributed by atoms with Crippen LogP contribution in [0.3, 0.4) is 0 Å². The van der Waals surface area contributed by atoms with Crippen molar-refractivity contribution in [2.45, 2.75) is 200 Å². The third kappa shape index (κ3) is 19.3. The van der Waals surface area contributed by atoms with E-state index in [1.54, 1.807) is 0 Å². The highest BCUT2D eigenvalue weighted by Crippen LogP contribution is 2.31. The minimum Gasteiger partial charge on any atom is -0.487 e. The highest BCUT2D eigenvalue weighted by molar-refractivity contribution is 5.91. The number of carbonyl (C=O) groups excluding carboxylic acids is 1. The van der Waals surface area contributed by atoms with E-state index >= 15 is 0 Å². The fourth-order valence-electron chi connectivity index (χ4n) is 6.64. The maximum atomic E-state index is 13.1. The number of rotatable bonds is 30. The molecule has 0 bridgehead atoms. The summed E-state index contributed by atoms with van der Waals surface area (Å²) in [5.74, 6) is 1.35. The molecule has 0 aliphatic carbocycles. The van der Waals surface area contributed by atoms with Gasteiger partial charge in [0.15, 0.2) is 11.5 Å². The van der Waals surface area contributed by atoms with Crippen LogP contribution in [0.1, 0.15) is 210 Å². The van der Waals surface area contributed by atoms with Gasteiger partial charge in [-0.05, 0) is 61.4 Å². The van der Waals surface area contributed by atoms with Crippen LogP contribution in [0.15, 0.2) is 48.5 Å². The number of ether oxygens (including phenoxy) is 2. The molecule has 0 fully saturated rings. The summed E-state index contributed by atoms with van der Waals surface area (Å²) in [4.78, 5) is 13.1. The third-order valence-electron chi connectivity index (χ3n) is 9.79. The first-order valence-electron chi connectivity index (χ1n) is 20.2. The van der Waals surface area contributed by atoms with Crippen molar-refractivity contribution in [3.8, 4) is 11.5 Å². The Labute approximate surface area is 291 Å². The first kappa shape index (κ1) is 40.9. The number of esters is 1. The van der Waals surface area contributed by atoms with Gasteiger partial charge in [-0.1, -0.05) is 187 Å². The van der Waals surface area contributed by atoms with E-state index < -0.39 is 0 Å². The van der Waals surface area contributed by atoms with Gasteiger partial charge >= 0.3 is 5.97 Å². The van der Waals surface area contributed by atoms with E-state index in [-0.39, 0.29) is 12.1 Å². The molecule has 0 saturated carbocycles. The van der Waals surface area contributed by atoms with Gasteiger partial charge in [-0.3, -0.25) is 0 Å². The van der Waals surface area contributed by atoms with Gasteiger partial charge in [-0.25, -0.2) is 4.79 Å². The zero-order valence-corrected chi connectivity index (χ0v) is 31.2. The molecular formula is C44H72O3. The van der Waals surface area contributed by atoms with Crippen molar-refractivity contribution < 1.29 is 14.3 Å². The molecule has 2 rings (SSSR count). The molecule has 2 aromatic carbocycles. The lowest BCUT2D eigenvalue weighted by atomic mass is 9.94. The average Bonchev–Trinajstić information content (AvgIpc) is 3.08. The smallest absolute Gasteiger partial charge is 0.343 e. The SMILES string of the molecule is CCCCCCCCCCCCCCC(C)c1ccc(C(=O)Oc2ccccc2OC(CCC)CCCCCCCCCCC)cc1. The van der Waals surface area contributed by atoms with Crippen molar-refractivity contribution in [1.29, 1.82) is 0 Å². The zero-order valence-electron chi connectivity index (χ0n) is 31.2. The van der Waals surface area contributed by atoms with Crippen LogP contribution in [0.4, 0.5) is 0 Å². The second-order valence-corrected chi connectivity index (χ2v) is 14.2. The van der Waals surface area contributed by atoms with E-state index in [9.17, 15) is 4.79 Å². The molecule has 0 heterocycles. The average molecular weight is 649 g/mol. The monoisotopic (exact) mass is 649 g/mol. The molecule has 3 nitrogen and oxygen atoms in total. The van der Waals surface area contributed by atoms with E-state index in [1.165, 1.54) is 147 Å². The number of benzene rings is 2. The van der Waals surface area contributed by atoms with E-state index in [0.29, 0.717) is 23.0 Å². The van der Waals surface area contributed by atoms with Gasteiger partial charge in [0.1, 0.15) is 0 Å². The Morgan fingerprint density at radius 2 is 0.957 bits per heavy atom. The van der Waals surface area contributed by atoms with Crippen molar-refractivity contribution in [3.05, 3.63) is 59.7 Å². The van der Waals surface area contributed by atoms with Crippen molar-refractivity contribution in [3.63, 3.8) is 0 Å². The Morgan fingerprint density at radius 3 is 1.45 bits per heavy atom. The highest BCUT2D eigenvalue weighted by Gasteiger charge is 2.17. The summed E-state index contributed by atoms with van der Waals surface area (Å²) in [7, 11) is 0. The van der Waals surface area contributed by atoms with Gasteiger partial charge in [0.2, 0.25) is 0 Å². The number of hydrogen-bond acceptors (Lipinski definition) is 3. The molecule has 2 unspecified atom stereocenters. The van der Waals surface area contributed by atoms with Gasteiger partial charge in [0.25, 0.3) is 0 Å². The molecule has 0 amide bonds. The van der Waals surface area contributed by atoms with E-state index in [4.69, 9.17) is 9.47 Å². The minimum atomic E-state index is -0.327. The molecule has 0 spiro atoms. The molecule has 266 valence electrons. The Kier molecular flexibility index (Phi) is 24.0.